The Labute approximate surface area is 73.8 Å². The Morgan fingerprint density at radius 1 is 1.54 bits per heavy atom. The van der Waals surface area contributed by atoms with Crippen LogP contribution >= 0.6 is 0 Å². The number of hydrogen-bond acceptors (Lipinski definition) is 3. The number of nitrogens with two attached hydrogens (primary N) is 1. The number of rotatable bonds is 1. The van der Waals surface area contributed by atoms with Gasteiger partial charge >= 0.3 is 0 Å². The fourth-order valence-corrected chi connectivity index (χ4v) is 1.14. The van der Waals surface area contributed by atoms with Gasteiger partial charge in [-0.1, -0.05) is 6.07 Å². The molecule has 0 aliphatic rings. The molecule has 0 aliphatic heterocycles. The summed E-state index contributed by atoms with van der Waals surface area (Å²) in [6, 6.07) is 3.57. The Balaban J connectivity index is 2.59. The number of hydrogen-bond donors (Lipinski definition) is 2. The van der Waals surface area contributed by atoms with Gasteiger partial charge in [-0.15, -0.1) is 0 Å². The van der Waals surface area contributed by atoms with E-state index in [9.17, 15) is 4.79 Å². The highest BCUT2D eigenvalue weighted by Gasteiger charge is 2.04. The summed E-state index contributed by atoms with van der Waals surface area (Å²) in [7, 11) is 0. The van der Waals surface area contributed by atoms with Crippen LogP contribution in [0.1, 0.15) is 0 Å². The van der Waals surface area contributed by atoms with Crippen molar-refractivity contribution >= 4 is 0 Å². The van der Waals surface area contributed by atoms with Gasteiger partial charge in [-0.25, -0.2) is 9.89 Å². The van der Waals surface area contributed by atoms with E-state index in [1.807, 2.05) is 0 Å². The smallest absolute Gasteiger partial charge is 0.273 e. The molecular formula is C8H8N4O. The largest absolute Gasteiger partial charge is 0.325 e. The van der Waals surface area contributed by atoms with Crippen molar-refractivity contribution in [1.82, 2.24) is 14.9 Å². The van der Waals surface area contributed by atoms with E-state index in [1.165, 1.54) is 6.20 Å². The Morgan fingerprint density at radius 2 is 2.38 bits per heavy atom. The van der Waals surface area contributed by atoms with Crippen molar-refractivity contribution < 1.29 is 0 Å². The van der Waals surface area contributed by atoms with Crippen LogP contribution in [0, 0.1) is 0 Å². The minimum absolute atomic E-state index is 0.212. The first-order valence-corrected chi connectivity index (χ1v) is 3.74. The summed E-state index contributed by atoms with van der Waals surface area (Å²) in [5.41, 5.74) is 1.07. The molecule has 0 aromatic carbocycles. The minimum Gasteiger partial charge on any atom is -0.325 e. The molecular weight excluding hydrogens is 168 g/mol. The van der Waals surface area contributed by atoms with Gasteiger partial charge in [0.1, 0.15) is 0 Å². The van der Waals surface area contributed by atoms with E-state index in [1.54, 1.807) is 24.5 Å². The maximum Gasteiger partial charge on any atom is 0.273 e. The number of aromatic amines is 1. The number of nitrogen functional groups attached to an aromatic ring is 1. The van der Waals surface area contributed by atoms with E-state index in [2.05, 4.69) is 10.1 Å². The highest BCUT2D eigenvalue weighted by molar-refractivity contribution is 5.59. The molecule has 0 unspecified atom stereocenters. The zero-order chi connectivity index (χ0) is 9.26. The Hall–Kier alpha value is -2.04. The second-order valence-electron chi connectivity index (χ2n) is 2.63. The summed E-state index contributed by atoms with van der Waals surface area (Å²) in [6.45, 7) is 0. The van der Waals surface area contributed by atoms with E-state index in [0.717, 1.165) is 10.4 Å². The molecule has 3 N–H and O–H groups in total. The molecule has 0 atom stereocenters. The third kappa shape index (κ3) is 1.31. The monoisotopic (exact) mass is 176 g/mol. The van der Waals surface area contributed by atoms with Crippen LogP contribution in [0.3, 0.4) is 0 Å². The maximum absolute atomic E-state index is 11.3. The molecule has 0 aliphatic carbocycles. The van der Waals surface area contributed by atoms with Gasteiger partial charge in [0.05, 0.1) is 11.8 Å². The average molecular weight is 176 g/mol. The summed E-state index contributed by atoms with van der Waals surface area (Å²) in [5.74, 6) is 5.36. The molecule has 0 amide bonds. The molecule has 0 fully saturated rings. The Bertz CT molecular complexity index is 456. The van der Waals surface area contributed by atoms with Crippen molar-refractivity contribution in [3.63, 3.8) is 0 Å². The van der Waals surface area contributed by atoms with E-state index in [0.29, 0.717) is 5.56 Å². The summed E-state index contributed by atoms with van der Waals surface area (Å²) in [5, 5.41) is 2.42. The fraction of sp³-hybridized carbons (Fsp3) is 0. The van der Waals surface area contributed by atoms with Crippen LogP contribution < -0.4 is 11.4 Å². The minimum atomic E-state index is -0.212. The van der Waals surface area contributed by atoms with Crippen LogP contribution in [0.2, 0.25) is 0 Å². The lowest BCUT2D eigenvalue weighted by Crippen LogP contribution is -2.12. The van der Waals surface area contributed by atoms with Gasteiger partial charge in [0.15, 0.2) is 0 Å². The molecule has 13 heavy (non-hydrogen) atoms. The molecule has 2 aromatic heterocycles. The Kier molecular flexibility index (Phi) is 1.63. The van der Waals surface area contributed by atoms with E-state index >= 15 is 0 Å². The number of aromatic nitrogens is 3. The third-order valence-electron chi connectivity index (χ3n) is 1.72. The third-order valence-corrected chi connectivity index (χ3v) is 1.72. The van der Waals surface area contributed by atoms with Crippen molar-refractivity contribution in [3.05, 3.63) is 41.1 Å². The van der Waals surface area contributed by atoms with Gasteiger partial charge in [-0.3, -0.25) is 9.78 Å². The Morgan fingerprint density at radius 3 is 2.92 bits per heavy atom. The van der Waals surface area contributed by atoms with Gasteiger partial charge in [0.2, 0.25) is 0 Å². The predicted molar refractivity (Wildman–Crippen MR) is 48.4 cm³/mol. The first-order valence-electron chi connectivity index (χ1n) is 3.74. The molecule has 0 spiro atoms. The zero-order valence-electron chi connectivity index (χ0n) is 6.77. The SMILES string of the molecule is Nn1cc(-c2cccnc2)c(=O)[nH]1. The second kappa shape index (κ2) is 2.78. The number of nitrogens with one attached hydrogen (secondary N) is 1. The standard InChI is InChI=1S/C8H8N4O/c9-12-5-7(8(13)11-12)6-2-1-3-10-4-6/h1-5H,9H2,(H,11,13). The van der Waals surface area contributed by atoms with Crippen LogP contribution in [0.25, 0.3) is 11.1 Å². The number of pyridine rings is 1. The molecule has 0 bridgehead atoms. The topological polar surface area (TPSA) is 76.7 Å². The molecule has 5 heteroatoms. The van der Waals surface area contributed by atoms with E-state index in [-0.39, 0.29) is 5.56 Å². The summed E-state index contributed by atoms with van der Waals surface area (Å²) in [6.07, 6.45) is 4.79. The lowest BCUT2D eigenvalue weighted by molar-refractivity contribution is 0.818. The van der Waals surface area contributed by atoms with Crippen LogP contribution in [0.4, 0.5) is 0 Å². The van der Waals surface area contributed by atoms with E-state index in [4.69, 9.17) is 5.84 Å². The van der Waals surface area contributed by atoms with Crippen molar-refractivity contribution in [2.45, 2.75) is 0 Å². The van der Waals surface area contributed by atoms with Gasteiger partial charge in [-0.2, -0.15) is 0 Å². The molecule has 2 aromatic rings. The second-order valence-corrected chi connectivity index (χ2v) is 2.63. The highest BCUT2D eigenvalue weighted by atomic mass is 16.1. The van der Waals surface area contributed by atoms with Crippen LogP contribution in [0.5, 0.6) is 0 Å². The lowest BCUT2D eigenvalue weighted by Gasteiger charge is -1.91. The quantitative estimate of drug-likeness (QED) is 0.598. The van der Waals surface area contributed by atoms with Crippen molar-refractivity contribution in [1.29, 1.82) is 0 Å². The normalized spacial score (nSPS) is 10.2. The zero-order valence-corrected chi connectivity index (χ0v) is 6.77. The highest BCUT2D eigenvalue weighted by Crippen LogP contribution is 2.11. The van der Waals surface area contributed by atoms with Gasteiger partial charge in [0.25, 0.3) is 5.56 Å². The van der Waals surface area contributed by atoms with Crippen LogP contribution in [0.15, 0.2) is 35.5 Å². The molecule has 2 rings (SSSR count). The van der Waals surface area contributed by atoms with E-state index < -0.39 is 0 Å². The summed E-state index contributed by atoms with van der Waals surface area (Å²) < 4.78 is 0. The van der Waals surface area contributed by atoms with Crippen molar-refractivity contribution in [2.24, 2.45) is 0 Å². The number of nitrogens with zero attached hydrogens (tertiary/aromatic N) is 2. The van der Waals surface area contributed by atoms with Gasteiger partial charge in [0, 0.05) is 18.0 Å². The molecule has 66 valence electrons. The predicted octanol–water partition coefficient (Wildman–Crippen LogP) is -0.0478. The van der Waals surface area contributed by atoms with Gasteiger partial charge in [-0.05, 0) is 6.07 Å². The molecule has 2 heterocycles. The summed E-state index contributed by atoms with van der Waals surface area (Å²) in [4.78, 5) is 16.3. The average Bonchev–Trinajstić information content (AvgIpc) is 2.47. The molecule has 0 radical (unpaired) electrons. The molecule has 0 saturated carbocycles. The molecule has 5 nitrogen and oxygen atoms in total. The first kappa shape index (κ1) is 7.60. The number of H-pyrrole nitrogens is 1. The van der Waals surface area contributed by atoms with Crippen molar-refractivity contribution in [3.8, 4) is 11.1 Å². The van der Waals surface area contributed by atoms with Crippen molar-refractivity contribution in [2.75, 3.05) is 5.84 Å². The molecule has 0 saturated heterocycles. The van der Waals surface area contributed by atoms with Crippen LogP contribution in [-0.2, 0) is 0 Å². The lowest BCUT2D eigenvalue weighted by atomic mass is 10.2. The van der Waals surface area contributed by atoms with Crippen LogP contribution in [-0.4, -0.2) is 14.9 Å². The first-order chi connectivity index (χ1) is 6.27. The maximum atomic E-state index is 11.3. The fourth-order valence-electron chi connectivity index (χ4n) is 1.14. The van der Waals surface area contributed by atoms with Gasteiger partial charge < -0.3 is 5.84 Å². The summed E-state index contributed by atoms with van der Waals surface area (Å²) >= 11 is 0.